The molecular formula is C16H22N2O. The van der Waals surface area contributed by atoms with Crippen molar-refractivity contribution in [3.05, 3.63) is 29.3 Å². The Morgan fingerprint density at radius 1 is 1.26 bits per heavy atom. The van der Waals surface area contributed by atoms with E-state index in [1.165, 1.54) is 32.1 Å². The number of hydrogen-bond donors (Lipinski definition) is 1. The minimum absolute atomic E-state index is 0.135. The summed E-state index contributed by atoms with van der Waals surface area (Å²) >= 11 is 0. The van der Waals surface area contributed by atoms with E-state index in [-0.39, 0.29) is 5.91 Å². The van der Waals surface area contributed by atoms with Crippen LogP contribution in [0, 0.1) is 12.8 Å². The predicted octanol–water partition coefficient (Wildman–Crippen LogP) is 2.98. The lowest BCUT2D eigenvalue weighted by Crippen LogP contribution is -2.39. The van der Waals surface area contributed by atoms with E-state index < -0.39 is 0 Å². The fourth-order valence-electron chi connectivity index (χ4n) is 3.68. The Morgan fingerprint density at radius 3 is 2.89 bits per heavy atom. The number of anilines is 1. The zero-order valence-electron chi connectivity index (χ0n) is 11.6. The maximum absolute atomic E-state index is 12.7. The number of aryl methyl sites for hydroxylation is 1. The number of nitrogens with zero attached hydrogens (tertiary/aromatic N) is 1. The van der Waals surface area contributed by atoms with Gasteiger partial charge < -0.3 is 10.6 Å². The van der Waals surface area contributed by atoms with Gasteiger partial charge in [-0.2, -0.15) is 0 Å². The number of para-hydroxylation sites is 1. The number of hydrogen-bond acceptors (Lipinski definition) is 2. The van der Waals surface area contributed by atoms with Crippen LogP contribution in [0.25, 0.3) is 0 Å². The number of carbonyl (C=O) groups excluding carboxylic acids is 1. The summed E-state index contributed by atoms with van der Waals surface area (Å²) in [5, 5.41) is 0. The molecule has 3 nitrogen and oxygen atoms in total. The SMILES string of the molecule is Cc1cccc(C(=O)N2CCC3CCCCC32)c1N. The van der Waals surface area contributed by atoms with E-state index in [0.29, 0.717) is 17.3 Å². The Kier molecular flexibility index (Phi) is 3.21. The number of nitrogens with two attached hydrogens (primary N) is 1. The largest absolute Gasteiger partial charge is 0.398 e. The molecule has 2 atom stereocenters. The van der Waals surface area contributed by atoms with Gasteiger partial charge in [0.05, 0.1) is 5.56 Å². The molecule has 1 saturated carbocycles. The summed E-state index contributed by atoms with van der Waals surface area (Å²) in [7, 11) is 0. The van der Waals surface area contributed by atoms with E-state index >= 15 is 0 Å². The van der Waals surface area contributed by atoms with Gasteiger partial charge in [-0.1, -0.05) is 25.0 Å². The van der Waals surface area contributed by atoms with Crippen LogP contribution in [0.1, 0.15) is 48.0 Å². The minimum Gasteiger partial charge on any atom is -0.398 e. The topological polar surface area (TPSA) is 46.3 Å². The van der Waals surface area contributed by atoms with Crippen molar-refractivity contribution in [2.24, 2.45) is 5.92 Å². The van der Waals surface area contributed by atoms with Crippen molar-refractivity contribution in [3.8, 4) is 0 Å². The third-order valence-corrected chi connectivity index (χ3v) is 4.83. The van der Waals surface area contributed by atoms with E-state index in [2.05, 4.69) is 4.90 Å². The van der Waals surface area contributed by atoms with Gasteiger partial charge in [0.15, 0.2) is 0 Å². The molecule has 1 saturated heterocycles. The van der Waals surface area contributed by atoms with Crippen molar-refractivity contribution in [2.75, 3.05) is 12.3 Å². The van der Waals surface area contributed by atoms with Crippen molar-refractivity contribution < 1.29 is 4.79 Å². The number of benzene rings is 1. The first kappa shape index (κ1) is 12.5. The van der Waals surface area contributed by atoms with Crippen molar-refractivity contribution >= 4 is 11.6 Å². The molecule has 1 aliphatic heterocycles. The van der Waals surface area contributed by atoms with Crippen LogP contribution in [0.4, 0.5) is 5.69 Å². The first-order valence-corrected chi connectivity index (χ1v) is 7.34. The summed E-state index contributed by atoms with van der Waals surface area (Å²) in [6, 6.07) is 6.20. The van der Waals surface area contributed by atoms with Gasteiger partial charge in [0.25, 0.3) is 5.91 Å². The highest BCUT2D eigenvalue weighted by molar-refractivity contribution is 6.00. The summed E-state index contributed by atoms with van der Waals surface area (Å²) < 4.78 is 0. The maximum Gasteiger partial charge on any atom is 0.256 e. The van der Waals surface area contributed by atoms with Crippen molar-refractivity contribution in [1.82, 2.24) is 4.90 Å². The number of fused-ring (bicyclic) bond motifs is 1. The van der Waals surface area contributed by atoms with Gasteiger partial charge in [0.1, 0.15) is 0 Å². The predicted molar refractivity (Wildman–Crippen MR) is 77.0 cm³/mol. The highest BCUT2D eigenvalue weighted by atomic mass is 16.2. The molecule has 1 aromatic carbocycles. The normalized spacial score (nSPS) is 26.3. The smallest absolute Gasteiger partial charge is 0.256 e. The highest BCUT2D eigenvalue weighted by Gasteiger charge is 2.38. The second-order valence-corrected chi connectivity index (χ2v) is 5.94. The molecule has 1 aliphatic carbocycles. The molecule has 2 unspecified atom stereocenters. The van der Waals surface area contributed by atoms with E-state index in [9.17, 15) is 4.79 Å². The standard InChI is InChI=1S/C16H22N2O/c1-11-5-4-7-13(15(11)17)16(19)18-10-9-12-6-2-3-8-14(12)18/h4-5,7,12,14H,2-3,6,8-10,17H2,1H3. The number of likely N-dealkylation sites (tertiary alicyclic amines) is 1. The fourth-order valence-corrected chi connectivity index (χ4v) is 3.68. The quantitative estimate of drug-likeness (QED) is 0.787. The summed E-state index contributed by atoms with van der Waals surface area (Å²) in [5.41, 5.74) is 8.39. The van der Waals surface area contributed by atoms with Crippen LogP contribution in [-0.4, -0.2) is 23.4 Å². The van der Waals surface area contributed by atoms with Gasteiger partial charge in [-0.3, -0.25) is 4.79 Å². The van der Waals surface area contributed by atoms with Crippen LogP contribution < -0.4 is 5.73 Å². The summed E-state index contributed by atoms with van der Waals surface area (Å²) in [4.78, 5) is 14.8. The van der Waals surface area contributed by atoms with Crippen LogP contribution in [0.5, 0.6) is 0 Å². The molecule has 3 heteroatoms. The van der Waals surface area contributed by atoms with E-state index in [1.54, 1.807) is 0 Å². The molecule has 2 aliphatic rings. The summed E-state index contributed by atoms with van der Waals surface area (Å²) in [5.74, 6) is 0.860. The van der Waals surface area contributed by atoms with Crippen LogP contribution >= 0.6 is 0 Å². The van der Waals surface area contributed by atoms with Gasteiger partial charge in [-0.25, -0.2) is 0 Å². The molecule has 0 aromatic heterocycles. The monoisotopic (exact) mass is 258 g/mol. The van der Waals surface area contributed by atoms with Gasteiger partial charge in [0, 0.05) is 18.3 Å². The molecule has 19 heavy (non-hydrogen) atoms. The van der Waals surface area contributed by atoms with Crippen LogP contribution in [0.15, 0.2) is 18.2 Å². The van der Waals surface area contributed by atoms with Gasteiger partial charge in [-0.05, 0) is 43.7 Å². The van der Waals surface area contributed by atoms with E-state index in [1.807, 2.05) is 25.1 Å². The molecule has 1 amide bonds. The number of rotatable bonds is 1. The molecule has 0 bridgehead atoms. The lowest BCUT2D eigenvalue weighted by atomic mass is 9.85. The first-order valence-electron chi connectivity index (χ1n) is 7.34. The Hall–Kier alpha value is -1.51. The average molecular weight is 258 g/mol. The van der Waals surface area contributed by atoms with Crippen LogP contribution in [-0.2, 0) is 0 Å². The lowest BCUT2D eigenvalue weighted by Gasteiger charge is -2.32. The lowest BCUT2D eigenvalue weighted by molar-refractivity contribution is 0.0691. The van der Waals surface area contributed by atoms with Crippen LogP contribution in [0.2, 0.25) is 0 Å². The summed E-state index contributed by atoms with van der Waals surface area (Å²) in [6.07, 6.45) is 6.21. The number of carbonyl (C=O) groups is 1. The Morgan fingerprint density at radius 2 is 2.05 bits per heavy atom. The van der Waals surface area contributed by atoms with E-state index in [4.69, 9.17) is 5.73 Å². The Labute approximate surface area is 114 Å². The van der Waals surface area contributed by atoms with Crippen molar-refractivity contribution in [2.45, 2.75) is 45.1 Å². The Bertz CT molecular complexity index is 498. The van der Waals surface area contributed by atoms with Crippen molar-refractivity contribution in [1.29, 1.82) is 0 Å². The molecule has 0 spiro atoms. The van der Waals surface area contributed by atoms with Gasteiger partial charge in [0.2, 0.25) is 0 Å². The molecule has 2 fully saturated rings. The molecule has 1 aromatic rings. The zero-order chi connectivity index (χ0) is 13.4. The fraction of sp³-hybridized carbons (Fsp3) is 0.562. The first-order chi connectivity index (χ1) is 9.18. The summed E-state index contributed by atoms with van der Waals surface area (Å²) in [6.45, 7) is 2.86. The van der Waals surface area contributed by atoms with Crippen LogP contribution in [0.3, 0.4) is 0 Å². The maximum atomic E-state index is 12.7. The molecule has 102 valence electrons. The third kappa shape index (κ3) is 2.11. The second-order valence-electron chi connectivity index (χ2n) is 5.94. The molecule has 2 N–H and O–H groups in total. The number of amides is 1. The highest BCUT2D eigenvalue weighted by Crippen LogP contribution is 2.37. The zero-order valence-corrected chi connectivity index (χ0v) is 11.6. The van der Waals surface area contributed by atoms with Crippen molar-refractivity contribution in [3.63, 3.8) is 0 Å². The van der Waals surface area contributed by atoms with Gasteiger partial charge in [-0.15, -0.1) is 0 Å². The molecular weight excluding hydrogens is 236 g/mol. The molecule has 0 radical (unpaired) electrons. The molecule has 3 rings (SSSR count). The second kappa shape index (κ2) is 4.87. The molecule has 1 heterocycles. The van der Waals surface area contributed by atoms with E-state index in [0.717, 1.165) is 18.0 Å². The Balaban J connectivity index is 1.86. The minimum atomic E-state index is 0.135. The van der Waals surface area contributed by atoms with Gasteiger partial charge >= 0.3 is 0 Å². The third-order valence-electron chi connectivity index (χ3n) is 4.83. The number of nitrogen functional groups attached to an aromatic ring is 1. The average Bonchev–Trinajstić information content (AvgIpc) is 2.85.